The van der Waals surface area contributed by atoms with Crippen LogP contribution >= 0.6 is 24.8 Å². The Kier molecular flexibility index (Phi) is 10.6. The zero-order chi connectivity index (χ0) is 7.23. The highest BCUT2D eigenvalue weighted by molar-refractivity contribution is 5.85. The largest absolute Gasteiger partial charge is 0.359 e. The molecule has 7 heteroatoms. The van der Waals surface area contributed by atoms with E-state index in [4.69, 9.17) is 5.84 Å². The number of hydrazine groups is 1. The van der Waals surface area contributed by atoms with Crippen molar-refractivity contribution in [3.05, 3.63) is 0 Å². The summed E-state index contributed by atoms with van der Waals surface area (Å²) in [4.78, 5) is 2.11. The summed E-state index contributed by atoms with van der Waals surface area (Å²) < 4.78 is 0. The molecule has 0 aromatic heterocycles. The number of nitrogens with one attached hydrogen (secondary N) is 2. The SMILES string of the molecule is Cl.Cl.NNN=CN1CCNCC1. The molecule has 1 fully saturated rings. The van der Waals surface area contributed by atoms with Crippen molar-refractivity contribution in [1.29, 1.82) is 0 Å². The Bertz CT molecular complexity index is 114. The average molecular weight is 216 g/mol. The minimum Gasteiger partial charge on any atom is -0.359 e. The first-order valence-corrected chi connectivity index (χ1v) is 3.37. The van der Waals surface area contributed by atoms with Gasteiger partial charge in [-0.3, -0.25) is 0 Å². The van der Waals surface area contributed by atoms with Crippen molar-refractivity contribution in [2.75, 3.05) is 26.2 Å². The third-order valence-corrected chi connectivity index (χ3v) is 1.45. The minimum absolute atomic E-state index is 0. The van der Waals surface area contributed by atoms with Crippen molar-refractivity contribution in [3.63, 3.8) is 0 Å². The summed E-state index contributed by atoms with van der Waals surface area (Å²) in [6.07, 6.45) is 1.72. The van der Waals surface area contributed by atoms with Gasteiger partial charge in [-0.15, -0.1) is 24.8 Å². The second-order valence-corrected chi connectivity index (χ2v) is 2.16. The molecule has 0 amide bonds. The van der Waals surface area contributed by atoms with E-state index in [2.05, 4.69) is 20.9 Å². The lowest BCUT2D eigenvalue weighted by Gasteiger charge is -2.24. The predicted octanol–water partition coefficient (Wildman–Crippen LogP) is -0.858. The van der Waals surface area contributed by atoms with E-state index in [1.54, 1.807) is 6.34 Å². The van der Waals surface area contributed by atoms with E-state index in [-0.39, 0.29) is 24.8 Å². The summed E-state index contributed by atoms with van der Waals surface area (Å²) in [5.74, 6) is 4.96. The Morgan fingerprint density at radius 1 is 1.33 bits per heavy atom. The lowest BCUT2D eigenvalue weighted by molar-refractivity contribution is 0.364. The van der Waals surface area contributed by atoms with Crippen LogP contribution in [0, 0.1) is 0 Å². The summed E-state index contributed by atoms with van der Waals surface area (Å²) >= 11 is 0. The lowest BCUT2D eigenvalue weighted by atomic mass is 10.4. The van der Waals surface area contributed by atoms with Crippen LogP contribution in [-0.2, 0) is 0 Å². The standard InChI is InChI=1S/C5H13N5.2ClH/c6-9-8-5-10-3-1-7-2-4-10;;/h5,7,9H,1-4,6H2;2*1H. The number of rotatable bonds is 2. The van der Waals surface area contributed by atoms with E-state index < -0.39 is 0 Å². The highest BCUT2D eigenvalue weighted by Gasteiger charge is 2.03. The van der Waals surface area contributed by atoms with Gasteiger partial charge < -0.3 is 10.2 Å². The fourth-order valence-corrected chi connectivity index (χ4v) is 0.913. The van der Waals surface area contributed by atoms with E-state index >= 15 is 0 Å². The molecule has 1 aliphatic rings. The number of nitrogens with two attached hydrogens (primary N) is 1. The molecular weight excluding hydrogens is 201 g/mol. The molecule has 0 bridgehead atoms. The van der Waals surface area contributed by atoms with Gasteiger partial charge in [-0.1, -0.05) is 0 Å². The number of hydrogen-bond acceptors (Lipinski definition) is 4. The zero-order valence-electron chi connectivity index (χ0n) is 6.69. The van der Waals surface area contributed by atoms with E-state index in [0.29, 0.717) is 0 Å². The van der Waals surface area contributed by atoms with Crippen LogP contribution in [0.5, 0.6) is 0 Å². The van der Waals surface area contributed by atoms with Gasteiger partial charge >= 0.3 is 0 Å². The van der Waals surface area contributed by atoms with Gasteiger partial charge in [0.25, 0.3) is 0 Å². The molecule has 0 radical (unpaired) electrons. The number of piperazine rings is 1. The first-order chi connectivity index (χ1) is 4.93. The topological polar surface area (TPSA) is 65.7 Å². The van der Waals surface area contributed by atoms with Gasteiger partial charge in [0.05, 0.1) is 0 Å². The molecule has 1 rings (SSSR count). The maximum Gasteiger partial charge on any atom is 0.112 e. The molecule has 4 N–H and O–H groups in total. The Labute approximate surface area is 84.5 Å². The molecule has 0 atom stereocenters. The lowest BCUT2D eigenvalue weighted by Crippen LogP contribution is -2.43. The van der Waals surface area contributed by atoms with Gasteiger partial charge in [0.15, 0.2) is 0 Å². The second kappa shape index (κ2) is 8.86. The van der Waals surface area contributed by atoms with Crippen molar-refractivity contribution in [2.24, 2.45) is 10.9 Å². The number of halogens is 2. The molecular formula is C5H15Cl2N5. The van der Waals surface area contributed by atoms with Crippen molar-refractivity contribution < 1.29 is 0 Å². The number of hydrazone groups is 1. The number of hydrogen-bond donors (Lipinski definition) is 3. The molecule has 0 saturated carbocycles. The molecule has 5 nitrogen and oxygen atoms in total. The van der Waals surface area contributed by atoms with Gasteiger partial charge in [0.1, 0.15) is 6.34 Å². The molecule has 0 unspecified atom stereocenters. The second-order valence-electron chi connectivity index (χ2n) is 2.16. The summed E-state index contributed by atoms with van der Waals surface area (Å²) in [7, 11) is 0. The first-order valence-electron chi connectivity index (χ1n) is 3.37. The molecule has 74 valence electrons. The van der Waals surface area contributed by atoms with Crippen LogP contribution in [0.25, 0.3) is 0 Å². The Balaban J connectivity index is 0. The van der Waals surface area contributed by atoms with Crippen LogP contribution in [0.4, 0.5) is 0 Å². The quantitative estimate of drug-likeness (QED) is 0.243. The number of nitrogens with zero attached hydrogens (tertiary/aromatic N) is 2. The van der Waals surface area contributed by atoms with Crippen molar-refractivity contribution in [3.8, 4) is 0 Å². The van der Waals surface area contributed by atoms with Gasteiger partial charge in [-0.2, -0.15) is 5.10 Å². The summed E-state index contributed by atoms with van der Waals surface area (Å²) in [5.41, 5.74) is 2.22. The van der Waals surface area contributed by atoms with Gasteiger partial charge in [-0.25, -0.2) is 11.4 Å². The summed E-state index contributed by atoms with van der Waals surface area (Å²) in [6.45, 7) is 4.06. The van der Waals surface area contributed by atoms with Gasteiger partial charge in [-0.05, 0) is 0 Å². The molecule has 0 aliphatic carbocycles. The first kappa shape index (κ1) is 14.3. The zero-order valence-corrected chi connectivity index (χ0v) is 8.33. The van der Waals surface area contributed by atoms with Gasteiger partial charge in [0.2, 0.25) is 0 Å². The third kappa shape index (κ3) is 5.42. The predicted molar refractivity (Wildman–Crippen MR) is 54.8 cm³/mol. The molecule has 1 heterocycles. The molecule has 0 spiro atoms. The van der Waals surface area contributed by atoms with Crippen molar-refractivity contribution >= 4 is 31.2 Å². The maximum atomic E-state index is 4.96. The molecule has 1 aliphatic heterocycles. The fraction of sp³-hybridized carbons (Fsp3) is 0.800. The van der Waals surface area contributed by atoms with E-state index in [1.807, 2.05) is 0 Å². The monoisotopic (exact) mass is 215 g/mol. The minimum atomic E-state index is 0. The normalized spacial score (nSPS) is 16.6. The van der Waals surface area contributed by atoms with E-state index in [1.165, 1.54) is 0 Å². The average Bonchev–Trinajstić information content (AvgIpc) is 2.03. The van der Waals surface area contributed by atoms with Crippen LogP contribution in [-0.4, -0.2) is 37.4 Å². The van der Waals surface area contributed by atoms with E-state index in [9.17, 15) is 0 Å². The van der Waals surface area contributed by atoms with E-state index in [0.717, 1.165) is 26.2 Å². The van der Waals surface area contributed by atoms with Crippen LogP contribution in [0.1, 0.15) is 0 Å². The smallest absolute Gasteiger partial charge is 0.112 e. The highest BCUT2D eigenvalue weighted by Crippen LogP contribution is 1.85. The third-order valence-electron chi connectivity index (χ3n) is 1.45. The van der Waals surface area contributed by atoms with Crippen molar-refractivity contribution in [1.82, 2.24) is 15.8 Å². The Morgan fingerprint density at radius 3 is 2.42 bits per heavy atom. The van der Waals surface area contributed by atoms with Crippen LogP contribution < -0.4 is 16.7 Å². The highest BCUT2D eigenvalue weighted by atomic mass is 35.5. The summed E-state index contributed by atoms with van der Waals surface area (Å²) in [6, 6.07) is 0. The Morgan fingerprint density at radius 2 is 1.92 bits per heavy atom. The van der Waals surface area contributed by atoms with Crippen LogP contribution in [0.3, 0.4) is 0 Å². The molecule has 0 aromatic carbocycles. The molecule has 1 saturated heterocycles. The van der Waals surface area contributed by atoms with Crippen molar-refractivity contribution in [2.45, 2.75) is 0 Å². The Hall–Kier alpha value is -0.230. The molecule has 0 aromatic rings. The van der Waals surface area contributed by atoms with Gasteiger partial charge in [0, 0.05) is 26.2 Å². The summed E-state index contributed by atoms with van der Waals surface area (Å²) in [5, 5.41) is 6.93. The molecule has 12 heavy (non-hydrogen) atoms. The maximum absolute atomic E-state index is 4.96. The fourth-order valence-electron chi connectivity index (χ4n) is 0.913. The van der Waals surface area contributed by atoms with Crippen LogP contribution in [0.2, 0.25) is 0 Å². The van der Waals surface area contributed by atoms with Crippen LogP contribution in [0.15, 0.2) is 5.10 Å².